The van der Waals surface area contributed by atoms with Crippen LogP contribution in [0.15, 0.2) is 78.0 Å². The summed E-state index contributed by atoms with van der Waals surface area (Å²) in [7, 11) is 0. The summed E-state index contributed by atoms with van der Waals surface area (Å²) in [6, 6.07) is 23.0. The zero-order chi connectivity index (χ0) is 21.2. The Balaban J connectivity index is 1.29. The molecule has 3 aromatic carbocycles. The van der Waals surface area contributed by atoms with Crippen LogP contribution in [0.25, 0.3) is 16.8 Å². The highest BCUT2D eigenvalue weighted by atomic mass is 32.2. The summed E-state index contributed by atoms with van der Waals surface area (Å²) in [5.41, 5.74) is 3.61. The minimum atomic E-state index is -0.148. The smallest absolute Gasteiger partial charge is 0.234 e. The molecule has 2 aromatic heterocycles. The van der Waals surface area contributed by atoms with Gasteiger partial charge in [0, 0.05) is 0 Å². The zero-order valence-corrected chi connectivity index (χ0v) is 17.5. The van der Waals surface area contributed by atoms with Gasteiger partial charge in [0.25, 0.3) is 0 Å². The fraction of sp³-hybridized carbons (Fsp3) is 0.0870. The Morgan fingerprint density at radius 3 is 2.71 bits per heavy atom. The first-order valence-electron chi connectivity index (χ1n) is 9.75. The molecule has 0 aliphatic carbocycles. The molecule has 0 aliphatic heterocycles. The van der Waals surface area contributed by atoms with E-state index >= 15 is 0 Å². The molecule has 2 N–H and O–H groups in total. The second kappa shape index (κ2) is 8.16. The number of nitrogens with one attached hydrogen (secondary N) is 2. The number of rotatable bonds is 6. The largest absolute Gasteiger partial charge is 0.455 e. The van der Waals surface area contributed by atoms with Crippen molar-refractivity contribution in [3.05, 3.63) is 78.4 Å². The normalized spacial score (nSPS) is 11.1. The van der Waals surface area contributed by atoms with Gasteiger partial charge in [-0.15, -0.1) is 5.10 Å². The first-order chi connectivity index (χ1) is 15.2. The fourth-order valence-electron chi connectivity index (χ4n) is 3.25. The van der Waals surface area contributed by atoms with Crippen LogP contribution in [0.4, 0.5) is 5.69 Å². The number of para-hydroxylation sites is 4. The minimum Gasteiger partial charge on any atom is -0.455 e. The highest BCUT2D eigenvalue weighted by Gasteiger charge is 2.14. The van der Waals surface area contributed by atoms with Crippen LogP contribution in [-0.2, 0) is 4.79 Å². The van der Waals surface area contributed by atoms with Gasteiger partial charge in [-0.2, -0.15) is 0 Å². The van der Waals surface area contributed by atoms with Crippen LogP contribution in [0.2, 0.25) is 0 Å². The molecule has 0 saturated carbocycles. The molecule has 0 spiro atoms. The van der Waals surface area contributed by atoms with Gasteiger partial charge < -0.3 is 10.1 Å². The quantitative estimate of drug-likeness (QED) is 0.369. The van der Waals surface area contributed by atoms with E-state index in [0.29, 0.717) is 28.1 Å². The van der Waals surface area contributed by atoms with E-state index in [4.69, 9.17) is 4.74 Å². The molecule has 8 heteroatoms. The summed E-state index contributed by atoms with van der Waals surface area (Å²) in [5.74, 6) is 2.01. The van der Waals surface area contributed by atoms with E-state index in [1.54, 1.807) is 0 Å². The van der Waals surface area contributed by atoms with Crippen LogP contribution < -0.4 is 10.1 Å². The van der Waals surface area contributed by atoms with E-state index < -0.39 is 0 Å². The maximum atomic E-state index is 12.6. The molecule has 7 nitrogen and oxygen atoms in total. The Labute approximate surface area is 182 Å². The molecule has 2 heterocycles. The molecule has 0 radical (unpaired) electrons. The summed E-state index contributed by atoms with van der Waals surface area (Å²) in [6.45, 7) is 2.02. The second-order valence-corrected chi connectivity index (χ2v) is 7.96. The third-order valence-corrected chi connectivity index (χ3v) is 5.68. The maximum Gasteiger partial charge on any atom is 0.234 e. The predicted molar refractivity (Wildman–Crippen MR) is 122 cm³/mol. The van der Waals surface area contributed by atoms with Crippen molar-refractivity contribution >= 4 is 40.2 Å². The number of anilines is 1. The number of amides is 1. The molecule has 154 valence electrons. The number of thioether (sulfide) groups is 1. The van der Waals surface area contributed by atoms with E-state index in [-0.39, 0.29) is 11.7 Å². The number of fused-ring (bicyclic) bond motifs is 3. The summed E-state index contributed by atoms with van der Waals surface area (Å²) in [6.07, 6.45) is 0. The number of H-pyrrole nitrogens is 1. The van der Waals surface area contributed by atoms with Crippen molar-refractivity contribution in [1.29, 1.82) is 0 Å². The van der Waals surface area contributed by atoms with Crippen LogP contribution in [-0.4, -0.2) is 31.2 Å². The number of benzene rings is 3. The average Bonchev–Trinajstić information content (AvgIpc) is 3.34. The van der Waals surface area contributed by atoms with Crippen molar-refractivity contribution in [2.45, 2.75) is 12.1 Å². The standard InChI is InChI=1S/C23H19N5O2S/c1-15-10-12-16(13-11-15)30-20-9-5-3-7-18(20)24-21(29)14-31-23-27-26-22-25-17-6-2-4-8-19(17)28(22)23/h2-13H,14H2,1H3,(H,24,29)(H,25,26). The van der Waals surface area contributed by atoms with Crippen LogP contribution in [0.5, 0.6) is 11.5 Å². The lowest BCUT2D eigenvalue weighted by Gasteiger charge is -2.12. The van der Waals surface area contributed by atoms with Gasteiger partial charge in [0.2, 0.25) is 11.7 Å². The molecular weight excluding hydrogens is 410 g/mol. The molecule has 5 rings (SSSR count). The van der Waals surface area contributed by atoms with E-state index in [9.17, 15) is 4.79 Å². The number of carbonyl (C=O) groups excluding carboxylic acids is 1. The number of ether oxygens (including phenoxy) is 1. The van der Waals surface area contributed by atoms with E-state index in [0.717, 1.165) is 16.6 Å². The third kappa shape index (κ3) is 3.97. The molecule has 0 bridgehead atoms. The molecule has 0 unspecified atom stereocenters. The summed E-state index contributed by atoms with van der Waals surface area (Å²) < 4.78 is 7.88. The van der Waals surface area contributed by atoms with Crippen molar-refractivity contribution in [3.63, 3.8) is 0 Å². The Morgan fingerprint density at radius 2 is 1.84 bits per heavy atom. The number of aromatic amines is 1. The Bertz CT molecular complexity index is 1370. The monoisotopic (exact) mass is 429 g/mol. The first kappa shape index (κ1) is 19.2. The highest BCUT2D eigenvalue weighted by molar-refractivity contribution is 7.99. The average molecular weight is 430 g/mol. The number of hydrogen-bond donors (Lipinski definition) is 2. The van der Waals surface area contributed by atoms with Gasteiger partial charge in [0.15, 0.2) is 10.9 Å². The van der Waals surface area contributed by atoms with Crippen LogP contribution in [0, 0.1) is 6.92 Å². The molecule has 5 aromatic rings. The molecule has 0 fully saturated rings. The summed E-state index contributed by atoms with van der Waals surface area (Å²) >= 11 is 1.34. The number of imidazole rings is 1. The molecule has 0 aliphatic rings. The summed E-state index contributed by atoms with van der Waals surface area (Å²) in [4.78, 5) is 17.1. The number of aryl methyl sites for hydroxylation is 1. The SMILES string of the molecule is Cc1ccc(Oc2ccccc2NC(=O)CSc2n[nH]c3nc4ccccc4n23)cc1. The number of nitrogens with zero attached hydrogens (tertiary/aromatic N) is 3. The van der Waals surface area contributed by atoms with Gasteiger partial charge in [0.1, 0.15) is 5.75 Å². The van der Waals surface area contributed by atoms with E-state index in [2.05, 4.69) is 20.5 Å². The van der Waals surface area contributed by atoms with Gasteiger partial charge in [-0.3, -0.25) is 9.20 Å². The molecule has 1 amide bonds. The van der Waals surface area contributed by atoms with Gasteiger partial charge >= 0.3 is 0 Å². The number of aromatic nitrogens is 4. The Kier molecular flexibility index (Phi) is 5.05. The number of hydrogen-bond acceptors (Lipinski definition) is 5. The van der Waals surface area contributed by atoms with Gasteiger partial charge in [0.05, 0.1) is 22.5 Å². The first-order valence-corrected chi connectivity index (χ1v) is 10.7. The van der Waals surface area contributed by atoms with Gasteiger partial charge in [-0.1, -0.05) is 53.7 Å². The Hall–Kier alpha value is -3.78. The van der Waals surface area contributed by atoms with Crippen molar-refractivity contribution in [2.75, 3.05) is 11.1 Å². The lowest BCUT2D eigenvalue weighted by Crippen LogP contribution is -2.14. The lowest BCUT2D eigenvalue weighted by molar-refractivity contribution is -0.113. The zero-order valence-electron chi connectivity index (χ0n) is 16.7. The number of carbonyl (C=O) groups is 1. The maximum absolute atomic E-state index is 12.6. The topological polar surface area (TPSA) is 84.3 Å². The van der Waals surface area contributed by atoms with Crippen molar-refractivity contribution in [1.82, 2.24) is 19.6 Å². The molecule has 0 atom stereocenters. The molecular formula is C23H19N5O2S. The van der Waals surface area contributed by atoms with Gasteiger partial charge in [-0.05, 0) is 43.3 Å². The van der Waals surface area contributed by atoms with Crippen LogP contribution in [0.3, 0.4) is 0 Å². The lowest BCUT2D eigenvalue weighted by atomic mass is 10.2. The fourth-order valence-corrected chi connectivity index (χ4v) is 4.00. The summed E-state index contributed by atoms with van der Waals surface area (Å²) in [5, 5.41) is 10.8. The van der Waals surface area contributed by atoms with Crippen molar-refractivity contribution in [2.24, 2.45) is 0 Å². The highest BCUT2D eigenvalue weighted by Crippen LogP contribution is 2.30. The van der Waals surface area contributed by atoms with Gasteiger partial charge in [-0.25, -0.2) is 10.1 Å². The van der Waals surface area contributed by atoms with Crippen LogP contribution >= 0.6 is 11.8 Å². The molecule has 31 heavy (non-hydrogen) atoms. The second-order valence-electron chi connectivity index (χ2n) is 7.01. The Morgan fingerprint density at radius 1 is 1.06 bits per heavy atom. The predicted octanol–water partition coefficient (Wildman–Crippen LogP) is 5.04. The minimum absolute atomic E-state index is 0.148. The van der Waals surface area contributed by atoms with E-state index in [1.165, 1.54) is 11.8 Å². The van der Waals surface area contributed by atoms with Crippen LogP contribution in [0.1, 0.15) is 5.56 Å². The van der Waals surface area contributed by atoms with Crippen molar-refractivity contribution in [3.8, 4) is 11.5 Å². The molecule has 0 saturated heterocycles. The van der Waals surface area contributed by atoms with Crippen molar-refractivity contribution < 1.29 is 9.53 Å². The third-order valence-electron chi connectivity index (χ3n) is 4.75. The van der Waals surface area contributed by atoms with E-state index in [1.807, 2.05) is 84.1 Å².